The molecule has 0 fully saturated rings. The van der Waals surface area contributed by atoms with Crippen LogP contribution in [0.2, 0.25) is 0 Å². The van der Waals surface area contributed by atoms with Gasteiger partial charge in [0.25, 0.3) is 0 Å². The Balaban J connectivity index is 0.990. The summed E-state index contributed by atoms with van der Waals surface area (Å²) in [5.74, 6) is 1.89. The summed E-state index contributed by atoms with van der Waals surface area (Å²) in [5, 5.41) is 7.29. The monoisotopic (exact) mass is 914 g/mol. The number of aromatic nitrogens is 4. The largest absolute Gasteiger partial charge is 0.309 e. The Hall–Kier alpha value is -8.55. The molecule has 0 atom stereocenters. The Kier molecular flexibility index (Phi) is 9.22. The van der Waals surface area contributed by atoms with Crippen LogP contribution in [-0.2, 0) is 0 Å². The van der Waals surface area contributed by atoms with Crippen LogP contribution in [0.4, 0.5) is 0 Å². The molecule has 0 aliphatic heterocycles. The first-order chi connectivity index (χ1) is 34.2. The van der Waals surface area contributed by atoms with E-state index < -0.39 is 0 Å². The Bertz CT molecular complexity index is 4070. The maximum Gasteiger partial charge on any atom is 0.164 e. The highest BCUT2D eigenvalue weighted by Gasteiger charge is 2.21. The van der Waals surface area contributed by atoms with Crippen LogP contribution >= 0.6 is 22.7 Å². The zero-order chi connectivity index (χ0) is 45.4. The maximum absolute atomic E-state index is 5.35. The van der Waals surface area contributed by atoms with Gasteiger partial charge in [-0.1, -0.05) is 140 Å². The number of rotatable bonds is 7. The van der Waals surface area contributed by atoms with Crippen molar-refractivity contribution in [2.24, 2.45) is 0 Å². The molecule has 10 aromatic carbocycles. The zero-order valence-electron chi connectivity index (χ0n) is 37.0. The average Bonchev–Trinajstić information content (AvgIpc) is 4.10. The molecule has 0 N–H and O–H groups in total. The van der Waals surface area contributed by atoms with Gasteiger partial charge in [0.05, 0.1) is 16.7 Å². The molecule has 14 rings (SSSR count). The molecule has 0 saturated heterocycles. The number of hydrogen-bond acceptors (Lipinski definition) is 5. The minimum absolute atomic E-state index is 0.617. The van der Waals surface area contributed by atoms with Gasteiger partial charge in [0.15, 0.2) is 17.5 Å². The molecular weight excluding hydrogens is 877 g/mol. The van der Waals surface area contributed by atoms with Crippen LogP contribution in [0.1, 0.15) is 0 Å². The SMILES string of the molecule is c1ccc(-c2ccc3c(c2)c2cc(-c4ccccc4)ccc2n3-c2ccc(-c3nc(-c4ccc5sc6ccccc6c5c4)nc(-c4ccc5sc6ccccc6c5c4)n3)cc2-c2ccccc2)cc1. The topological polar surface area (TPSA) is 43.6 Å². The van der Waals surface area contributed by atoms with E-state index in [1.807, 2.05) is 22.7 Å². The summed E-state index contributed by atoms with van der Waals surface area (Å²) in [6, 6.07) is 83.0. The third-order valence-corrected chi connectivity index (χ3v) is 15.8. The van der Waals surface area contributed by atoms with Gasteiger partial charge in [0.1, 0.15) is 0 Å². The van der Waals surface area contributed by atoms with Crippen LogP contribution in [0, 0.1) is 0 Å². The van der Waals surface area contributed by atoms with Crippen molar-refractivity contribution in [3.05, 3.63) is 231 Å². The number of hydrogen-bond donors (Lipinski definition) is 0. The van der Waals surface area contributed by atoms with E-state index >= 15 is 0 Å². The molecule has 0 aliphatic rings. The molecule has 322 valence electrons. The fourth-order valence-corrected chi connectivity index (χ4v) is 12.3. The normalized spacial score (nSPS) is 11.8. The van der Waals surface area contributed by atoms with Crippen molar-refractivity contribution < 1.29 is 0 Å². The molecule has 0 saturated carbocycles. The molecule has 0 aliphatic carbocycles. The number of benzene rings is 10. The molecule has 0 amide bonds. The lowest BCUT2D eigenvalue weighted by molar-refractivity contribution is 1.07. The van der Waals surface area contributed by atoms with Crippen molar-refractivity contribution in [2.45, 2.75) is 0 Å². The van der Waals surface area contributed by atoms with E-state index in [-0.39, 0.29) is 0 Å². The summed E-state index contributed by atoms with van der Waals surface area (Å²) in [5.41, 5.74) is 13.1. The highest BCUT2D eigenvalue weighted by atomic mass is 32.1. The quantitative estimate of drug-likeness (QED) is 0.160. The van der Waals surface area contributed by atoms with Crippen LogP contribution < -0.4 is 0 Å². The summed E-state index contributed by atoms with van der Waals surface area (Å²) in [4.78, 5) is 16.0. The Morgan fingerprint density at radius 1 is 0.261 bits per heavy atom. The third-order valence-electron chi connectivity index (χ3n) is 13.5. The molecule has 6 heteroatoms. The maximum atomic E-state index is 5.35. The number of nitrogens with zero attached hydrogens (tertiary/aromatic N) is 4. The second-order valence-corrected chi connectivity index (χ2v) is 19.7. The van der Waals surface area contributed by atoms with Crippen LogP contribution in [-0.4, -0.2) is 19.5 Å². The van der Waals surface area contributed by atoms with Crippen LogP contribution in [0.3, 0.4) is 0 Å². The Morgan fingerprint density at radius 2 is 0.638 bits per heavy atom. The lowest BCUT2D eigenvalue weighted by Gasteiger charge is -2.16. The van der Waals surface area contributed by atoms with E-state index in [0.717, 1.165) is 44.5 Å². The van der Waals surface area contributed by atoms with E-state index in [9.17, 15) is 0 Å². The predicted molar refractivity (Wildman–Crippen MR) is 293 cm³/mol. The van der Waals surface area contributed by atoms with Gasteiger partial charge in [-0.2, -0.15) is 0 Å². The predicted octanol–water partition coefficient (Wildman–Crippen LogP) is 17.7. The fraction of sp³-hybridized carbons (Fsp3) is 0. The average molecular weight is 915 g/mol. The van der Waals surface area contributed by atoms with E-state index in [1.165, 1.54) is 73.4 Å². The van der Waals surface area contributed by atoms with E-state index in [4.69, 9.17) is 15.0 Å². The van der Waals surface area contributed by atoms with Crippen molar-refractivity contribution in [1.82, 2.24) is 19.5 Å². The number of fused-ring (bicyclic) bond motifs is 9. The van der Waals surface area contributed by atoms with Crippen LogP contribution in [0.25, 0.3) is 135 Å². The smallest absolute Gasteiger partial charge is 0.164 e. The fourth-order valence-electron chi connectivity index (χ4n) is 10.1. The van der Waals surface area contributed by atoms with Gasteiger partial charge < -0.3 is 4.57 Å². The van der Waals surface area contributed by atoms with Crippen molar-refractivity contribution in [1.29, 1.82) is 0 Å². The minimum atomic E-state index is 0.617. The van der Waals surface area contributed by atoms with Gasteiger partial charge in [-0.05, 0) is 119 Å². The van der Waals surface area contributed by atoms with Crippen molar-refractivity contribution in [3.63, 3.8) is 0 Å². The van der Waals surface area contributed by atoms with E-state index in [2.05, 4.69) is 235 Å². The highest BCUT2D eigenvalue weighted by Crippen LogP contribution is 2.42. The standard InChI is InChI=1S/C63H38N4S2/c1-4-14-39(15-5-1)42-24-29-55-50(34-42)51-35-43(40-16-6-2-7-17-40)25-30-56(51)67(55)54-31-26-44(36-49(54)41-18-8-3-9-19-41)61-64-62(45-27-32-59-52(37-45)47-20-10-12-22-57(47)68-59)66-63(65-61)46-28-33-60-53(38-46)48-21-11-13-23-58(48)69-60/h1-38H. The minimum Gasteiger partial charge on any atom is -0.309 e. The van der Waals surface area contributed by atoms with Crippen molar-refractivity contribution in [2.75, 3.05) is 0 Å². The second kappa shape index (κ2) is 16.1. The molecule has 4 heterocycles. The van der Waals surface area contributed by atoms with Gasteiger partial charge in [-0.15, -0.1) is 22.7 Å². The van der Waals surface area contributed by atoms with Crippen LogP contribution in [0.15, 0.2) is 231 Å². The van der Waals surface area contributed by atoms with Crippen LogP contribution in [0.5, 0.6) is 0 Å². The summed E-state index contributed by atoms with van der Waals surface area (Å²) < 4.78 is 7.45. The molecule has 0 spiro atoms. The Labute approximate surface area is 405 Å². The lowest BCUT2D eigenvalue weighted by atomic mass is 9.99. The van der Waals surface area contributed by atoms with Gasteiger partial charge in [0, 0.05) is 73.4 Å². The van der Waals surface area contributed by atoms with Crippen molar-refractivity contribution in [3.8, 4) is 73.2 Å². The summed E-state index contributed by atoms with van der Waals surface area (Å²) in [7, 11) is 0. The zero-order valence-corrected chi connectivity index (χ0v) is 38.7. The van der Waals surface area contributed by atoms with E-state index in [1.54, 1.807) is 0 Å². The first-order valence-corrected chi connectivity index (χ1v) is 24.8. The second-order valence-electron chi connectivity index (χ2n) is 17.6. The molecule has 0 unspecified atom stereocenters. The molecule has 4 aromatic heterocycles. The molecule has 0 bridgehead atoms. The molecule has 4 nitrogen and oxygen atoms in total. The summed E-state index contributed by atoms with van der Waals surface area (Å²) in [6.07, 6.45) is 0. The van der Waals surface area contributed by atoms with Gasteiger partial charge in [-0.25, -0.2) is 15.0 Å². The van der Waals surface area contributed by atoms with Crippen molar-refractivity contribution >= 4 is 84.8 Å². The third kappa shape index (κ3) is 6.75. The molecule has 14 aromatic rings. The Morgan fingerprint density at radius 3 is 1.13 bits per heavy atom. The van der Waals surface area contributed by atoms with Gasteiger partial charge in [0.2, 0.25) is 0 Å². The van der Waals surface area contributed by atoms with E-state index in [0.29, 0.717) is 17.5 Å². The molecule has 0 radical (unpaired) electrons. The number of thiophene rings is 2. The first kappa shape index (κ1) is 39.6. The van der Waals surface area contributed by atoms with Gasteiger partial charge >= 0.3 is 0 Å². The first-order valence-electron chi connectivity index (χ1n) is 23.2. The highest BCUT2D eigenvalue weighted by molar-refractivity contribution is 7.26. The lowest BCUT2D eigenvalue weighted by Crippen LogP contribution is -2.02. The summed E-state index contributed by atoms with van der Waals surface area (Å²) >= 11 is 3.63. The van der Waals surface area contributed by atoms with Gasteiger partial charge in [-0.3, -0.25) is 0 Å². The molecular formula is C63H38N4S2. The molecule has 69 heavy (non-hydrogen) atoms. The summed E-state index contributed by atoms with van der Waals surface area (Å²) in [6.45, 7) is 0.